The third-order valence-corrected chi connectivity index (χ3v) is 2.54. The van der Waals surface area contributed by atoms with Crippen LogP contribution in [0.4, 0.5) is 0 Å². The van der Waals surface area contributed by atoms with Crippen molar-refractivity contribution in [3.8, 4) is 11.8 Å². The normalized spacial score (nSPS) is 32.4. The zero-order chi connectivity index (χ0) is 9.26. The van der Waals surface area contributed by atoms with Gasteiger partial charge in [-0.05, 0) is 18.9 Å². The third kappa shape index (κ3) is 1.84. The maximum atomic E-state index is 5.81. The monoisotopic (exact) mass is 174 g/mol. The highest BCUT2D eigenvalue weighted by Crippen LogP contribution is 2.27. The summed E-state index contributed by atoms with van der Waals surface area (Å²) in [6, 6.07) is 0. The van der Waals surface area contributed by atoms with E-state index in [1.54, 1.807) is 0 Å². The van der Waals surface area contributed by atoms with Crippen molar-refractivity contribution in [1.29, 1.82) is 0 Å². The van der Waals surface area contributed by atoms with Crippen LogP contribution >= 0.6 is 0 Å². The number of ether oxygens (including phenoxy) is 1. The number of hydrogen-bond donors (Lipinski definition) is 0. The Balaban J connectivity index is 2.19. The summed E-state index contributed by atoms with van der Waals surface area (Å²) in [5, 5.41) is 0. The van der Waals surface area contributed by atoms with Gasteiger partial charge in [-0.25, -0.2) is 0 Å². The minimum atomic E-state index is 0.225. The molecule has 0 radical (unpaired) electrons. The first kappa shape index (κ1) is 8.59. The van der Waals surface area contributed by atoms with Gasteiger partial charge >= 0.3 is 0 Å². The third-order valence-electron chi connectivity index (χ3n) is 2.54. The summed E-state index contributed by atoms with van der Waals surface area (Å²) in [6.45, 7) is 6.13. The van der Waals surface area contributed by atoms with Crippen molar-refractivity contribution in [3.05, 3.63) is 23.8 Å². The smallest absolute Gasteiger partial charge is 0.0876 e. The van der Waals surface area contributed by atoms with Crippen molar-refractivity contribution < 1.29 is 4.74 Å². The SMILES string of the molecule is C=C1CC#CC[C@@H]2C=C(C)[C@H](C1)O2. The van der Waals surface area contributed by atoms with E-state index in [1.807, 2.05) is 0 Å². The molecule has 0 spiro atoms. The zero-order valence-corrected chi connectivity index (χ0v) is 7.97. The van der Waals surface area contributed by atoms with Crippen LogP contribution in [-0.4, -0.2) is 12.2 Å². The molecule has 68 valence electrons. The molecule has 0 aromatic carbocycles. The summed E-state index contributed by atoms with van der Waals surface area (Å²) in [4.78, 5) is 0. The molecule has 2 rings (SSSR count). The number of hydrogen-bond acceptors (Lipinski definition) is 1. The molecule has 0 amide bonds. The first-order valence-corrected chi connectivity index (χ1v) is 4.72. The fraction of sp³-hybridized carbons (Fsp3) is 0.500. The standard InChI is InChI=1S/C12H14O/c1-9-5-3-4-6-11-8-10(2)12(7-9)13-11/h8,11-12H,1,5-7H2,2H3/t11-,12+/m1/s1. The summed E-state index contributed by atoms with van der Waals surface area (Å²) < 4.78 is 5.81. The van der Waals surface area contributed by atoms with Crippen molar-refractivity contribution in [2.24, 2.45) is 0 Å². The molecule has 0 unspecified atom stereocenters. The Morgan fingerprint density at radius 2 is 2.38 bits per heavy atom. The molecule has 0 saturated heterocycles. The highest BCUT2D eigenvalue weighted by atomic mass is 16.5. The Hall–Kier alpha value is -1.00. The second-order valence-electron chi connectivity index (χ2n) is 3.76. The lowest BCUT2D eigenvalue weighted by molar-refractivity contribution is 0.0602. The molecular formula is C12H14O. The quantitative estimate of drug-likeness (QED) is 0.405. The number of rotatable bonds is 0. The predicted molar refractivity (Wildman–Crippen MR) is 53.2 cm³/mol. The molecule has 1 nitrogen and oxygen atoms in total. The molecule has 0 fully saturated rings. The van der Waals surface area contributed by atoms with E-state index in [0.717, 1.165) is 19.3 Å². The Morgan fingerprint density at radius 3 is 3.23 bits per heavy atom. The van der Waals surface area contributed by atoms with Crippen LogP contribution in [-0.2, 0) is 4.74 Å². The van der Waals surface area contributed by atoms with Crippen molar-refractivity contribution in [3.63, 3.8) is 0 Å². The fourth-order valence-electron chi connectivity index (χ4n) is 1.77. The Kier molecular flexibility index (Phi) is 2.24. The molecule has 0 N–H and O–H groups in total. The number of fused-ring (bicyclic) bond motifs is 2. The molecule has 0 aromatic rings. The van der Waals surface area contributed by atoms with E-state index >= 15 is 0 Å². The maximum absolute atomic E-state index is 5.81. The summed E-state index contributed by atoms with van der Waals surface area (Å²) in [7, 11) is 0. The van der Waals surface area contributed by atoms with Crippen LogP contribution in [0.5, 0.6) is 0 Å². The van der Waals surface area contributed by atoms with E-state index in [1.165, 1.54) is 11.1 Å². The van der Waals surface area contributed by atoms with Gasteiger partial charge in [0.25, 0.3) is 0 Å². The predicted octanol–water partition coefficient (Wildman–Crippen LogP) is 2.44. The summed E-state index contributed by atoms with van der Waals surface area (Å²) in [6.07, 6.45) is 5.29. The van der Waals surface area contributed by atoms with Crippen LogP contribution in [0, 0.1) is 11.8 Å². The van der Waals surface area contributed by atoms with E-state index in [9.17, 15) is 0 Å². The van der Waals surface area contributed by atoms with E-state index in [4.69, 9.17) is 4.74 Å². The van der Waals surface area contributed by atoms with Crippen LogP contribution in [0.15, 0.2) is 23.8 Å². The topological polar surface area (TPSA) is 9.23 Å². The molecule has 0 aromatic heterocycles. The molecule has 13 heavy (non-hydrogen) atoms. The minimum absolute atomic E-state index is 0.225. The molecule has 2 aliphatic heterocycles. The lowest BCUT2D eigenvalue weighted by Gasteiger charge is -2.14. The maximum Gasteiger partial charge on any atom is 0.0876 e. The van der Waals surface area contributed by atoms with Gasteiger partial charge in [-0.3, -0.25) is 0 Å². The second kappa shape index (κ2) is 3.40. The minimum Gasteiger partial charge on any atom is -0.365 e. The van der Waals surface area contributed by atoms with Crippen LogP contribution in [0.25, 0.3) is 0 Å². The molecule has 0 saturated carbocycles. The van der Waals surface area contributed by atoms with E-state index in [2.05, 4.69) is 31.4 Å². The highest BCUT2D eigenvalue weighted by Gasteiger charge is 2.24. The molecule has 1 heteroatoms. The molecule has 2 heterocycles. The van der Waals surface area contributed by atoms with E-state index in [0.29, 0.717) is 0 Å². The van der Waals surface area contributed by atoms with Gasteiger partial charge in [-0.2, -0.15) is 0 Å². The fourth-order valence-corrected chi connectivity index (χ4v) is 1.77. The van der Waals surface area contributed by atoms with E-state index in [-0.39, 0.29) is 12.2 Å². The first-order chi connectivity index (χ1) is 6.25. The van der Waals surface area contributed by atoms with Crippen molar-refractivity contribution >= 4 is 0 Å². The van der Waals surface area contributed by atoms with Gasteiger partial charge in [0.15, 0.2) is 0 Å². The van der Waals surface area contributed by atoms with Gasteiger partial charge in [0.2, 0.25) is 0 Å². The van der Waals surface area contributed by atoms with Gasteiger partial charge in [-0.1, -0.05) is 30.1 Å². The zero-order valence-electron chi connectivity index (χ0n) is 7.97. The van der Waals surface area contributed by atoms with Gasteiger partial charge in [-0.15, -0.1) is 0 Å². The first-order valence-electron chi connectivity index (χ1n) is 4.72. The summed E-state index contributed by atoms with van der Waals surface area (Å²) in [5.41, 5.74) is 2.53. The van der Waals surface area contributed by atoms with Crippen molar-refractivity contribution in [2.45, 2.75) is 38.4 Å². The van der Waals surface area contributed by atoms with Crippen LogP contribution < -0.4 is 0 Å². The Morgan fingerprint density at radius 1 is 1.54 bits per heavy atom. The molecular weight excluding hydrogens is 160 g/mol. The second-order valence-corrected chi connectivity index (χ2v) is 3.76. The lowest BCUT2D eigenvalue weighted by atomic mass is 10.0. The van der Waals surface area contributed by atoms with Gasteiger partial charge in [0.05, 0.1) is 12.2 Å². The Labute approximate surface area is 79.5 Å². The van der Waals surface area contributed by atoms with Crippen LogP contribution in [0.2, 0.25) is 0 Å². The van der Waals surface area contributed by atoms with Crippen molar-refractivity contribution in [2.75, 3.05) is 0 Å². The van der Waals surface area contributed by atoms with Crippen molar-refractivity contribution in [1.82, 2.24) is 0 Å². The molecule has 2 bridgehead atoms. The van der Waals surface area contributed by atoms with E-state index < -0.39 is 0 Å². The van der Waals surface area contributed by atoms with Crippen LogP contribution in [0.1, 0.15) is 26.2 Å². The van der Waals surface area contributed by atoms with Gasteiger partial charge in [0, 0.05) is 12.8 Å². The lowest BCUT2D eigenvalue weighted by Crippen LogP contribution is -2.13. The highest BCUT2D eigenvalue weighted by molar-refractivity contribution is 5.23. The molecule has 2 atom stereocenters. The molecule has 2 aliphatic rings. The average molecular weight is 174 g/mol. The molecule has 0 aliphatic carbocycles. The Bertz CT molecular complexity index is 314. The average Bonchev–Trinajstić information content (AvgIpc) is 2.44. The van der Waals surface area contributed by atoms with Gasteiger partial charge < -0.3 is 4.74 Å². The largest absolute Gasteiger partial charge is 0.365 e. The summed E-state index contributed by atoms with van der Waals surface area (Å²) in [5.74, 6) is 6.24. The van der Waals surface area contributed by atoms with Crippen LogP contribution in [0.3, 0.4) is 0 Å². The van der Waals surface area contributed by atoms with Gasteiger partial charge in [0.1, 0.15) is 0 Å². The summed E-state index contributed by atoms with van der Waals surface area (Å²) >= 11 is 0.